The Morgan fingerprint density at radius 1 is 0.863 bits per heavy atom. The molecule has 288 valence electrons. The van der Waals surface area contributed by atoms with E-state index in [4.69, 9.17) is 33.2 Å². The van der Waals surface area contributed by atoms with Crippen LogP contribution in [-0.4, -0.2) is 67.3 Å². The average molecular weight is 717 g/mol. The lowest BCUT2D eigenvalue weighted by atomic mass is 9.47. The maximum Gasteiger partial charge on any atom is 0.303 e. The zero-order valence-corrected chi connectivity index (χ0v) is 32.6. The Hall–Kier alpha value is -2.01. The summed E-state index contributed by atoms with van der Waals surface area (Å²) in [6.07, 6.45) is 10.8. The van der Waals surface area contributed by atoms with E-state index < -0.39 is 54.6 Å². The van der Waals surface area contributed by atoms with Gasteiger partial charge in [0.25, 0.3) is 5.97 Å². The lowest BCUT2D eigenvalue weighted by molar-refractivity contribution is -0.360. The summed E-state index contributed by atoms with van der Waals surface area (Å²) in [5, 5.41) is 0. The molecule has 0 N–H and O–H groups in total. The van der Waals surface area contributed by atoms with Crippen molar-refractivity contribution in [2.45, 2.75) is 176 Å². The Morgan fingerprint density at radius 2 is 1.59 bits per heavy atom. The van der Waals surface area contributed by atoms with Gasteiger partial charge in [-0.1, -0.05) is 65.5 Å². The van der Waals surface area contributed by atoms with Gasteiger partial charge in [-0.2, -0.15) is 0 Å². The van der Waals surface area contributed by atoms with Crippen LogP contribution in [0.15, 0.2) is 11.6 Å². The van der Waals surface area contributed by atoms with Gasteiger partial charge < -0.3 is 28.4 Å². The molecule has 0 unspecified atom stereocenters. The molecule has 0 spiro atoms. The van der Waals surface area contributed by atoms with Crippen LogP contribution in [0.2, 0.25) is 0 Å². The third kappa shape index (κ3) is 7.81. The minimum absolute atomic E-state index is 0.129. The van der Waals surface area contributed by atoms with Gasteiger partial charge in [0, 0.05) is 27.7 Å². The van der Waals surface area contributed by atoms with Crippen LogP contribution >= 0.6 is 0 Å². The predicted octanol–water partition coefficient (Wildman–Crippen LogP) is 7.65. The van der Waals surface area contributed by atoms with Crippen LogP contribution in [0.4, 0.5) is 0 Å². The molecule has 6 aliphatic rings. The second-order valence-corrected chi connectivity index (χ2v) is 17.8. The number of carbonyl (C=O) groups is 3. The Morgan fingerprint density at radius 3 is 2.27 bits per heavy atom. The van der Waals surface area contributed by atoms with Crippen molar-refractivity contribution in [3.8, 4) is 0 Å². The summed E-state index contributed by atoms with van der Waals surface area (Å²) < 4.78 is 41.8. The minimum atomic E-state index is -1.49. The third-order valence-corrected chi connectivity index (χ3v) is 14.0. The number of hydrogen-bond acceptors (Lipinski definition) is 10. The minimum Gasteiger partial charge on any atom is -0.463 e. The molecule has 0 aromatic heterocycles. The van der Waals surface area contributed by atoms with Gasteiger partial charge >= 0.3 is 17.9 Å². The van der Waals surface area contributed by atoms with Crippen molar-refractivity contribution in [3.05, 3.63) is 11.6 Å². The van der Waals surface area contributed by atoms with E-state index in [1.807, 2.05) is 0 Å². The van der Waals surface area contributed by atoms with Gasteiger partial charge in [-0.3, -0.25) is 19.1 Å². The Labute approximate surface area is 305 Å². The van der Waals surface area contributed by atoms with Gasteiger partial charge in [-0.15, -0.1) is 0 Å². The molecule has 0 radical (unpaired) electrons. The quantitative estimate of drug-likeness (QED) is 0.120. The number of fused-ring (bicyclic) bond motifs is 6. The fourth-order valence-corrected chi connectivity index (χ4v) is 11.7. The standard InChI is InChI=1S/C41H64O10/c1-23(2)11-10-12-24(3)31-15-16-32-30-14-13-28-21-29(17-19-39(28,7)33(30)18-20-40(31,32)8)49-41(9)50-37-36(47-27(6)44)35(46-26(5)43)34(22-45-25(4)42)48-38(37)51-41/h13,23-24,29-38H,10-12,14-22H2,1-9H3/t24-,29+,30+,31-,32+,33+,34-,35-,36+,37-,38-,39+,40-,41+/m1/s1. The maximum absolute atomic E-state index is 12.2. The molecule has 10 nitrogen and oxygen atoms in total. The van der Waals surface area contributed by atoms with Crippen LogP contribution < -0.4 is 0 Å². The lowest BCUT2D eigenvalue weighted by Crippen LogP contribution is -2.60. The highest BCUT2D eigenvalue weighted by Crippen LogP contribution is 2.67. The lowest BCUT2D eigenvalue weighted by Gasteiger charge is -2.58. The van der Waals surface area contributed by atoms with Gasteiger partial charge in [0.2, 0.25) is 0 Å². The van der Waals surface area contributed by atoms with Crippen molar-refractivity contribution in [2.75, 3.05) is 6.61 Å². The molecule has 2 saturated heterocycles. The molecular formula is C41H64O10. The van der Waals surface area contributed by atoms with Crippen molar-refractivity contribution in [1.82, 2.24) is 0 Å². The van der Waals surface area contributed by atoms with Crippen LogP contribution in [-0.2, 0) is 47.5 Å². The number of ether oxygens (including phenoxy) is 7. The van der Waals surface area contributed by atoms with E-state index in [1.165, 1.54) is 71.3 Å². The molecule has 4 aliphatic carbocycles. The first kappa shape index (κ1) is 38.7. The van der Waals surface area contributed by atoms with Crippen LogP contribution in [0.5, 0.6) is 0 Å². The van der Waals surface area contributed by atoms with E-state index >= 15 is 0 Å². The van der Waals surface area contributed by atoms with Gasteiger partial charge in [0.05, 0.1) is 6.10 Å². The summed E-state index contributed by atoms with van der Waals surface area (Å²) in [5.41, 5.74) is 2.13. The van der Waals surface area contributed by atoms with E-state index in [2.05, 4.69) is 40.7 Å². The molecule has 51 heavy (non-hydrogen) atoms. The summed E-state index contributed by atoms with van der Waals surface area (Å²) in [5.74, 6) is 1.52. The summed E-state index contributed by atoms with van der Waals surface area (Å²) >= 11 is 0. The monoisotopic (exact) mass is 716 g/mol. The van der Waals surface area contributed by atoms with Gasteiger partial charge in [0.15, 0.2) is 24.6 Å². The Kier molecular flexibility index (Phi) is 11.4. The molecule has 0 bridgehead atoms. The molecule has 0 amide bonds. The number of allylic oxidation sites excluding steroid dienone is 1. The van der Waals surface area contributed by atoms with Gasteiger partial charge in [-0.05, 0) is 97.7 Å². The summed E-state index contributed by atoms with van der Waals surface area (Å²) in [4.78, 5) is 35.9. The second kappa shape index (κ2) is 15.0. The largest absolute Gasteiger partial charge is 0.463 e. The topological polar surface area (TPSA) is 116 Å². The third-order valence-electron chi connectivity index (χ3n) is 14.0. The first-order chi connectivity index (χ1) is 24.0. The molecule has 0 aromatic rings. The normalized spacial score (nSPS) is 43.6. The van der Waals surface area contributed by atoms with Crippen molar-refractivity contribution >= 4 is 17.9 Å². The first-order valence-electron chi connectivity index (χ1n) is 19.9. The van der Waals surface area contributed by atoms with E-state index in [9.17, 15) is 14.4 Å². The van der Waals surface area contributed by atoms with E-state index in [-0.39, 0.29) is 18.1 Å². The fourth-order valence-electron chi connectivity index (χ4n) is 11.7. The second-order valence-electron chi connectivity index (χ2n) is 17.8. The fraction of sp³-hybridized carbons (Fsp3) is 0.878. The number of hydrogen-bond donors (Lipinski definition) is 0. The van der Waals surface area contributed by atoms with Crippen LogP contribution in [0.3, 0.4) is 0 Å². The molecule has 0 aromatic carbocycles. The molecule has 5 fully saturated rings. The van der Waals surface area contributed by atoms with E-state index in [0.717, 1.165) is 55.3 Å². The SMILES string of the molecule is CC(=O)OC[C@H]1O[C@@H]2O[C@@](C)(O[C@H]3CC[C@@]4(C)C(=CC[C@H]5[C@@H]6CC[C@H]([C@H](C)CCCC(C)C)[C@@]6(C)CC[C@@H]54)C3)O[C@@H]2[C@@H](OC(C)=O)[C@@H]1OC(C)=O. The molecular weight excluding hydrogens is 652 g/mol. The zero-order chi connectivity index (χ0) is 36.9. The van der Waals surface area contributed by atoms with Crippen LogP contribution in [0, 0.1) is 46.3 Å². The average Bonchev–Trinajstić information content (AvgIpc) is 3.57. The zero-order valence-electron chi connectivity index (χ0n) is 32.6. The number of esters is 3. The molecule has 6 rings (SSSR count). The van der Waals surface area contributed by atoms with Crippen molar-refractivity contribution in [3.63, 3.8) is 0 Å². The summed E-state index contributed by atoms with van der Waals surface area (Å²) in [6.45, 7) is 17.7. The Bertz CT molecular complexity index is 1330. The molecule has 2 aliphatic heterocycles. The van der Waals surface area contributed by atoms with Gasteiger partial charge in [0.1, 0.15) is 12.7 Å². The summed E-state index contributed by atoms with van der Waals surface area (Å²) in [7, 11) is 0. The predicted molar refractivity (Wildman–Crippen MR) is 189 cm³/mol. The first-order valence-corrected chi connectivity index (χ1v) is 19.9. The van der Waals surface area contributed by atoms with Crippen molar-refractivity contribution in [1.29, 1.82) is 0 Å². The highest BCUT2D eigenvalue weighted by Gasteiger charge is 2.62. The van der Waals surface area contributed by atoms with Crippen LogP contribution in [0.25, 0.3) is 0 Å². The van der Waals surface area contributed by atoms with E-state index in [1.54, 1.807) is 6.92 Å². The number of carbonyl (C=O) groups excluding carboxylic acids is 3. The highest BCUT2D eigenvalue weighted by atomic mass is 16.9. The Balaban J connectivity index is 1.12. The smallest absolute Gasteiger partial charge is 0.303 e. The summed E-state index contributed by atoms with van der Waals surface area (Å²) in [6, 6.07) is 0. The maximum atomic E-state index is 12.2. The van der Waals surface area contributed by atoms with E-state index in [0.29, 0.717) is 11.3 Å². The molecule has 10 heteroatoms. The van der Waals surface area contributed by atoms with Crippen molar-refractivity contribution in [2.24, 2.45) is 46.3 Å². The van der Waals surface area contributed by atoms with Crippen LogP contribution in [0.1, 0.15) is 133 Å². The van der Waals surface area contributed by atoms with Crippen molar-refractivity contribution < 1.29 is 47.5 Å². The molecule has 2 heterocycles. The number of rotatable bonds is 11. The van der Waals surface area contributed by atoms with Gasteiger partial charge in [-0.25, -0.2) is 0 Å². The highest BCUT2D eigenvalue weighted by molar-refractivity contribution is 5.68. The molecule has 3 saturated carbocycles. The molecule has 14 atom stereocenters.